The zero-order valence-electron chi connectivity index (χ0n) is 14.5. The molecular formula is C21H21N3OS. The lowest BCUT2D eigenvalue weighted by Crippen LogP contribution is -2.31. The van der Waals surface area contributed by atoms with Crippen LogP contribution in [-0.4, -0.2) is 33.9 Å². The summed E-state index contributed by atoms with van der Waals surface area (Å²) in [5.41, 5.74) is 3.66. The topological polar surface area (TPSA) is 49.0 Å². The molecule has 132 valence electrons. The molecule has 0 aliphatic carbocycles. The number of aromatic amines is 1. The number of imidazole rings is 1. The van der Waals surface area contributed by atoms with Gasteiger partial charge in [0.2, 0.25) is 0 Å². The molecule has 1 heterocycles. The van der Waals surface area contributed by atoms with E-state index < -0.39 is 0 Å². The minimum absolute atomic E-state index is 0.00870. The lowest BCUT2D eigenvalue weighted by Gasteiger charge is -2.20. The van der Waals surface area contributed by atoms with Gasteiger partial charge in [0.15, 0.2) is 5.16 Å². The van der Waals surface area contributed by atoms with E-state index in [-0.39, 0.29) is 5.91 Å². The Hall–Kier alpha value is -2.79. The minimum atomic E-state index is -0.00870. The van der Waals surface area contributed by atoms with E-state index in [1.165, 1.54) is 0 Å². The van der Waals surface area contributed by atoms with Crippen LogP contribution in [0.3, 0.4) is 0 Å². The van der Waals surface area contributed by atoms with Gasteiger partial charge in [0, 0.05) is 24.4 Å². The van der Waals surface area contributed by atoms with E-state index in [0.717, 1.165) is 21.8 Å². The first-order valence-electron chi connectivity index (χ1n) is 8.39. The van der Waals surface area contributed by atoms with Gasteiger partial charge in [0.25, 0.3) is 5.91 Å². The number of thioether (sulfide) groups is 1. The number of carbonyl (C=O) groups is 1. The molecule has 1 N–H and O–H groups in total. The summed E-state index contributed by atoms with van der Waals surface area (Å²) in [4.78, 5) is 22.5. The van der Waals surface area contributed by atoms with Gasteiger partial charge in [-0.05, 0) is 23.8 Å². The number of hydrogen-bond acceptors (Lipinski definition) is 3. The Morgan fingerprint density at radius 3 is 2.50 bits per heavy atom. The first-order chi connectivity index (χ1) is 12.7. The van der Waals surface area contributed by atoms with Crippen LogP contribution in [0.5, 0.6) is 0 Å². The molecule has 0 spiro atoms. The highest BCUT2D eigenvalue weighted by molar-refractivity contribution is 7.98. The Morgan fingerprint density at radius 1 is 1.08 bits per heavy atom. The molecule has 0 radical (unpaired) electrons. The fourth-order valence-corrected chi connectivity index (χ4v) is 3.61. The van der Waals surface area contributed by atoms with Crippen LogP contribution >= 0.6 is 11.8 Å². The number of H-pyrrole nitrogens is 1. The largest absolute Gasteiger partial charge is 0.333 e. The van der Waals surface area contributed by atoms with Gasteiger partial charge in [-0.25, -0.2) is 4.98 Å². The van der Waals surface area contributed by atoms with E-state index in [1.807, 2.05) is 48.5 Å². The normalized spacial score (nSPS) is 10.6. The van der Waals surface area contributed by atoms with Crippen molar-refractivity contribution in [2.24, 2.45) is 0 Å². The maximum atomic E-state index is 12.9. The van der Waals surface area contributed by atoms with Gasteiger partial charge in [-0.3, -0.25) is 4.79 Å². The Balaban J connectivity index is 1.79. The molecular weight excluding hydrogens is 342 g/mol. The van der Waals surface area contributed by atoms with E-state index in [9.17, 15) is 4.79 Å². The summed E-state index contributed by atoms with van der Waals surface area (Å²) < 4.78 is 0. The molecule has 0 bridgehead atoms. The molecule has 1 amide bonds. The quantitative estimate of drug-likeness (QED) is 0.467. The second-order valence-electron chi connectivity index (χ2n) is 5.79. The Bertz CT molecular complexity index is 889. The summed E-state index contributed by atoms with van der Waals surface area (Å²) in [6.45, 7) is 8.46. The fourth-order valence-electron chi connectivity index (χ4n) is 2.72. The molecule has 2 aromatic carbocycles. The van der Waals surface area contributed by atoms with Crippen molar-refractivity contribution in [1.29, 1.82) is 0 Å². The highest BCUT2D eigenvalue weighted by atomic mass is 32.2. The van der Waals surface area contributed by atoms with Crippen LogP contribution in [0.4, 0.5) is 0 Å². The second-order valence-corrected chi connectivity index (χ2v) is 6.76. The van der Waals surface area contributed by atoms with E-state index in [1.54, 1.807) is 28.8 Å². The monoisotopic (exact) mass is 363 g/mol. The molecule has 1 aromatic heterocycles. The van der Waals surface area contributed by atoms with Gasteiger partial charge in [0.05, 0.1) is 11.0 Å². The average Bonchev–Trinajstić information content (AvgIpc) is 3.09. The van der Waals surface area contributed by atoms with Crippen LogP contribution < -0.4 is 0 Å². The van der Waals surface area contributed by atoms with Gasteiger partial charge in [-0.15, -0.1) is 13.2 Å². The summed E-state index contributed by atoms with van der Waals surface area (Å²) in [6.07, 6.45) is 3.46. The molecule has 3 aromatic rings. The van der Waals surface area contributed by atoms with Crippen LogP contribution in [-0.2, 0) is 5.75 Å². The third-order valence-electron chi connectivity index (χ3n) is 3.97. The van der Waals surface area contributed by atoms with Gasteiger partial charge >= 0.3 is 0 Å². The molecule has 3 rings (SSSR count). The summed E-state index contributed by atoms with van der Waals surface area (Å²) >= 11 is 1.59. The summed E-state index contributed by atoms with van der Waals surface area (Å²) in [5.74, 6) is 0.656. The number of benzene rings is 2. The van der Waals surface area contributed by atoms with Gasteiger partial charge in [-0.2, -0.15) is 0 Å². The molecule has 5 heteroatoms. The Labute approximate surface area is 157 Å². The number of para-hydroxylation sites is 2. The lowest BCUT2D eigenvalue weighted by atomic mass is 10.1. The van der Waals surface area contributed by atoms with Crippen LogP contribution in [0, 0.1) is 0 Å². The van der Waals surface area contributed by atoms with Gasteiger partial charge in [0.1, 0.15) is 0 Å². The first kappa shape index (κ1) is 18.0. The molecule has 0 saturated carbocycles. The van der Waals surface area contributed by atoms with Crippen molar-refractivity contribution in [2.75, 3.05) is 13.1 Å². The van der Waals surface area contributed by atoms with Gasteiger partial charge < -0.3 is 9.88 Å². The number of nitrogens with one attached hydrogen (secondary N) is 1. The van der Waals surface area contributed by atoms with Crippen molar-refractivity contribution in [2.45, 2.75) is 10.9 Å². The van der Waals surface area contributed by atoms with Crippen molar-refractivity contribution in [3.05, 3.63) is 85.0 Å². The third kappa shape index (κ3) is 4.06. The highest BCUT2D eigenvalue weighted by Crippen LogP contribution is 2.25. The SMILES string of the molecule is C=CCN(CC=C)C(=O)c1ccccc1CSc1nc2ccccc2[nH]1. The van der Waals surface area contributed by atoms with Crippen molar-refractivity contribution in [1.82, 2.24) is 14.9 Å². The minimum Gasteiger partial charge on any atom is -0.333 e. The number of fused-ring (bicyclic) bond motifs is 1. The third-order valence-corrected chi connectivity index (χ3v) is 4.89. The zero-order valence-corrected chi connectivity index (χ0v) is 15.3. The predicted octanol–water partition coefficient (Wildman–Crippen LogP) is 4.67. The summed E-state index contributed by atoms with van der Waals surface area (Å²) in [6, 6.07) is 15.6. The van der Waals surface area contributed by atoms with Crippen LogP contribution in [0.15, 0.2) is 79.0 Å². The number of carbonyl (C=O) groups excluding carboxylic acids is 1. The summed E-state index contributed by atoms with van der Waals surface area (Å²) in [5, 5.41) is 0.850. The average molecular weight is 363 g/mol. The summed E-state index contributed by atoms with van der Waals surface area (Å²) in [7, 11) is 0. The highest BCUT2D eigenvalue weighted by Gasteiger charge is 2.17. The second kappa shape index (κ2) is 8.54. The molecule has 0 fully saturated rings. The zero-order chi connectivity index (χ0) is 18.4. The van der Waals surface area contributed by atoms with E-state index in [4.69, 9.17) is 0 Å². The molecule has 0 unspecified atom stereocenters. The van der Waals surface area contributed by atoms with Crippen LogP contribution in [0.25, 0.3) is 11.0 Å². The molecule has 0 aliphatic heterocycles. The van der Waals surface area contributed by atoms with Crippen molar-refractivity contribution < 1.29 is 4.79 Å². The number of aromatic nitrogens is 2. The van der Waals surface area contributed by atoms with Crippen molar-refractivity contribution >= 4 is 28.7 Å². The Kier molecular flexibility index (Phi) is 5.92. The molecule has 0 saturated heterocycles. The van der Waals surface area contributed by atoms with Crippen LogP contribution in [0.2, 0.25) is 0 Å². The maximum Gasteiger partial charge on any atom is 0.254 e. The van der Waals surface area contributed by atoms with Gasteiger partial charge in [-0.1, -0.05) is 54.2 Å². The van der Waals surface area contributed by atoms with Crippen molar-refractivity contribution in [3.63, 3.8) is 0 Å². The number of rotatable bonds is 8. The first-order valence-corrected chi connectivity index (χ1v) is 9.38. The molecule has 0 atom stereocenters. The molecule has 26 heavy (non-hydrogen) atoms. The fraction of sp³-hybridized carbons (Fsp3) is 0.143. The Morgan fingerprint density at radius 2 is 1.77 bits per heavy atom. The van der Waals surface area contributed by atoms with E-state index in [0.29, 0.717) is 24.4 Å². The van der Waals surface area contributed by atoms with Crippen molar-refractivity contribution in [3.8, 4) is 0 Å². The van der Waals surface area contributed by atoms with E-state index in [2.05, 4.69) is 23.1 Å². The number of hydrogen-bond donors (Lipinski definition) is 1. The van der Waals surface area contributed by atoms with Crippen LogP contribution in [0.1, 0.15) is 15.9 Å². The standard InChI is InChI=1S/C21H21N3OS/c1-3-13-24(14-4-2)20(25)17-10-6-5-9-16(17)15-26-21-22-18-11-7-8-12-19(18)23-21/h3-12H,1-2,13-15H2,(H,22,23). The molecule has 4 nitrogen and oxygen atoms in total. The molecule has 0 aliphatic rings. The van der Waals surface area contributed by atoms with E-state index >= 15 is 0 Å². The lowest BCUT2D eigenvalue weighted by molar-refractivity contribution is 0.0790. The number of nitrogens with zero attached hydrogens (tertiary/aromatic N) is 2. The maximum absolute atomic E-state index is 12.9. The predicted molar refractivity (Wildman–Crippen MR) is 108 cm³/mol. The smallest absolute Gasteiger partial charge is 0.254 e. The number of amides is 1.